The second kappa shape index (κ2) is 9.58. The van der Waals surface area contributed by atoms with Crippen molar-refractivity contribution in [1.29, 1.82) is 0 Å². The van der Waals surface area contributed by atoms with E-state index in [0.717, 1.165) is 32.1 Å². The van der Waals surface area contributed by atoms with Crippen LogP contribution in [0.1, 0.15) is 113 Å². The zero-order chi connectivity index (χ0) is 26.7. The van der Waals surface area contributed by atoms with Gasteiger partial charge in [0.15, 0.2) is 0 Å². The Hall–Kier alpha value is -1.10. The van der Waals surface area contributed by atoms with Gasteiger partial charge in [-0.25, -0.2) is 0 Å². The summed E-state index contributed by atoms with van der Waals surface area (Å²) in [5.41, 5.74) is 0.367. The highest BCUT2D eigenvalue weighted by Gasteiger charge is 2.69. The maximum atomic E-state index is 11.9. The molecule has 0 spiro atoms. The predicted octanol–water partition coefficient (Wildman–Crippen LogP) is 6.55. The minimum Gasteiger partial charge on any atom is -0.469 e. The van der Waals surface area contributed by atoms with Crippen molar-refractivity contribution in [1.82, 2.24) is 0 Å². The lowest BCUT2D eigenvalue weighted by Gasteiger charge is -2.68. The van der Waals surface area contributed by atoms with E-state index in [2.05, 4.69) is 41.5 Å². The van der Waals surface area contributed by atoms with Crippen LogP contribution in [0, 0.1) is 51.2 Å². The largest absolute Gasteiger partial charge is 0.469 e. The molecule has 1 N–H and O–H groups in total. The van der Waals surface area contributed by atoms with Crippen LogP contribution < -0.4 is 0 Å². The molecule has 4 aliphatic carbocycles. The second-order valence-electron chi connectivity index (χ2n) is 14.4. The number of fused-ring (bicyclic) bond motifs is 5. The fourth-order valence-corrected chi connectivity index (χ4v) is 10.7. The molecule has 5 heteroatoms. The average Bonchev–Trinajstić information content (AvgIpc) is 3.08. The summed E-state index contributed by atoms with van der Waals surface area (Å²) < 4.78 is 10.7. The Morgan fingerprint density at radius 2 is 1.67 bits per heavy atom. The molecule has 3 unspecified atom stereocenters. The van der Waals surface area contributed by atoms with Gasteiger partial charge in [0.1, 0.15) is 6.10 Å². The minimum atomic E-state index is -0.304. The van der Waals surface area contributed by atoms with Crippen molar-refractivity contribution in [3.8, 4) is 0 Å². The fourth-order valence-electron chi connectivity index (χ4n) is 10.7. The Morgan fingerprint density at radius 1 is 1.00 bits per heavy atom. The van der Waals surface area contributed by atoms with Crippen LogP contribution in [-0.2, 0) is 19.1 Å². The number of carbonyl (C=O) groups is 2. The highest BCUT2D eigenvalue weighted by atomic mass is 16.5. The Kier molecular flexibility index (Phi) is 7.43. The van der Waals surface area contributed by atoms with Crippen molar-refractivity contribution in [2.45, 2.75) is 125 Å². The Balaban J connectivity index is 1.57. The molecule has 0 aliphatic heterocycles. The highest BCUT2D eigenvalue weighted by molar-refractivity contribution is 5.69. The lowest BCUT2D eigenvalue weighted by molar-refractivity contribution is -0.237. The summed E-state index contributed by atoms with van der Waals surface area (Å²) in [5, 5.41) is 11.9. The van der Waals surface area contributed by atoms with E-state index in [1.54, 1.807) is 0 Å². The van der Waals surface area contributed by atoms with Crippen molar-refractivity contribution in [3.05, 3.63) is 0 Å². The van der Waals surface area contributed by atoms with E-state index >= 15 is 0 Å². The number of ether oxygens (including phenoxy) is 2. The normalized spacial score (nSPS) is 46.1. The molecule has 4 fully saturated rings. The van der Waals surface area contributed by atoms with Crippen molar-refractivity contribution < 1.29 is 24.2 Å². The molecule has 10 atom stereocenters. The summed E-state index contributed by atoms with van der Waals surface area (Å²) in [6.45, 7) is 16.0. The molecule has 0 saturated heterocycles. The molecule has 0 aromatic carbocycles. The van der Waals surface area contributed by atoms with Crippen LogP contribution in [0.3, 0.4) is 0 Å². The lowest BCUT2D eigenvalue weighted by Crippen LogP contribution is -2.65. The average molecular weight is 505 g/mol. The number of aliphatic hydroxyl groups excluding tert-OH is 1. The van der Waals surface area contributed by atoms with Crippen LogP contribution in [-0.4, -0.2) is 36.4 Å². The Bertz CT molecular complexity index is 852. The number of carbonyl (C=O) groups excluding carboxylic acids is 2. The first kappa shape index (κ1) is 27.9. The van der Waals surface area contributed by atoms with Crippen molar-refractivity contribution in [2.75, 3.05) is 7.11 Å². The standard InChI is InChI=1S/C31H52O5/c1-19(10-9-11-26(34)35-8)21-12-17-31(7)27-22(13-16-30(21,31)6)29(5)15-14-25(36-20(2)32)28(3,4)24(29)18-23(27)33/h19,21-25,27,33H,9-18H2,1-8H3/t19-,21-,22?,23?,24+,25+,27?,29-,30-,31+/m1/s1. The topological polar surface area (TPSA) is 72.8 Å². The molecule has 4 rings (SSSR count). The van der Waals surface area contributed by atoms with Crippen molar-refractivity contribution in [2.24, 2.45) is 51.2 Å². The van der Waals surface area contributed by atoms with Gasteiger partial charge in [0.05, 0.1) is 13.2 Å². The molecule has 0 radical (unpaired) electrons. The predicted molar refractivity (Wildman–Crippen MR) is 141 cm³/mol. The van der Waals surface area contributed by atoms with Gasteiger partial charge in [-0.3, -0.25) is 9.59 Å². The number of hydrogen-bond acceptors (Lipinski definition) is 5. The van der Waals surface area contributed by atoms with Gasteiger partial charge in [0, 0.05) is 18.8 Å². The van der Waals surface area contributed by atoms with E-state index in [-0.39, 0.29) is 45.8 Å². The maximum Gasteiger partial charge on any atom is 0.305 e. The van der Waals surface area contributed by atoms with Gasteiger partial charge in [-0.1, -0.05) is 41.5 Å². The first-order valence-electron chi connectivity index (χ1n) is 14.6. The SMILES string of the molecule is COC(=O)CCC[C@@H](C)[C@H]1CC[C@@]2(C)C3C(O)C[C@H]4C(C)(C)[C@@H](OC(C)=O)CC[C@]4(C)C3CC[C@]12C. The number of methoxy groups -OCH3 is 1. The van der Waals surface area contributed by atoms with Gasteiger partial charge in [-0.2, -0.15) is 0 Å². The first-order chi connectivity index (χ1) is 16.7. The van der Waals surface area contributed by atoms with Crippen molar-refractivity contribution in [3.63, 3.8) is 0 Å². The summed E-state index contributed by atoms with van der Waals surface area (Å²) in [6, 6.07) is 0. The monoisotopic (exact) mass is 504 g/mol. The number of esters is 2. The van der Waals surface area contributed by atoms with Gasteiger partial charge in [0.25, 0.3) is 0 Å². The van der Waals surface area contributed by atoms with Crippen LogP contribution in [0.15, 0.2) is 0 Å². The molecule has 0 amide bonds. The number of rotatable bonds is 6. The van der Waals surface area contributed by atoms with Gasteiger partial charge in [0.2, 0.25) is 0 Å². The van der Waals surface area contributed by atoms with Crippen LogP contribution in [0.25, 0.3) is 0 Å². The summed E-state index contributed by atoms with van der Waals surface area (Å²) >= 11 is 0. The molecule has 206 valence electrons. The molecule has 4 saturated carbocycles. The summed E-state index contributed by atoms with van der Waals surface area (Å²) in [7, 11) is 1.47. The summed E-state index contributed by atoms with van der Waals surface area (Å²) in [6.07, 6.45) is 9.72. The van der Waals surface area contributed by atoms with Crippen LogP contribution in [0.5, 0.6) is 0 Å². The van der Waals surface area contributed by atoms with Crippen LogP contribution in [0.4, 0.5) is 0 Å². The fraction of sp³-hybridized carbons (Fsp3) is 0.935. The molecular formula is C31H52O5. The first-order valence-corrected chi connectivity index (χ1v) is 14.6. The molecule has 0 heterocycles. The third-order valence-corrected chi connectivity index (χ3v) is 12.7. The van der Waals surface area contributed by atoms with Gasteiger partial charge in [-0.15, -0.1) is 0 Å². The molecule has 4 aliphatic rings. The van der Waals surface area contributed by atoms with E-state index in [9.17, 15) is 14.7 Å². The number of aliphatic hydroxyl groups is 1. The van der Waals surface area contributed by atoms with Gasteiger partial charge < -0.3 is 14.6 Å². The Labute approximate surface area is 219 Å². The smallest absolute Gasteiger partial charge is 0.305 e. The van der Waals surface area contributed by atoms with E-state index in [1.807, 2.05) is 0 Å². The zero-order valence-electron chi connectivity index (χ0n) is 24.2. The second-order valence-corrected chi connectivity index (χ2v) is 14.4. The van der Waals surface area contributed by atoms with E-state index in [4.69, 9.17) is 9.47 Å². The molecule has 0 aromatic rings. The molecule has 0 bridgehead atoms. The third-order valence-electron chi connectivity index (χ3n) is 12.7. The molecular weight excluding hydrogens is 452 g/mol. The van der Waals surface area contributed by atoms with Crippen molar-refractivity contribution >= 4 is 11.9 Å². The highest BCUT2D eigenvalue weighted by Crippen LogP contribution is 2.74. The van der Waals surface area contributed by atoms with E-state index < -0.39 is 0 Å². The third kappa shape index (κ3) is 4.14. The summed E-state index contributed by atoms with van der Waals surface area (Å²) in [4.78, 5) is 23.5. The maximum absolute atomic E-state index is 11.9. The van der Waals surface area contributed by atoms with Gasteiger partial charge in [-0.05, 0) is 104 Å². The molecule has 0 aromatic heterocycles. The van der Waals surface area contributed by atoms with E-state index in [0.29, 0.717) is 36.0 Å². The van der Waals surface area contributed by atoms with Gasteiger partial charge >= 0.3 is 11.9 Å². The van der Waals surface area contributed by atoms with Crippen LogP contribution >= 0.6 is 0 Å². The lowest BCUT2D eigenvalue weighted by atomic mass is 9.37. The van der Waals surface area contributed by atoms with E-state index in [1.165, 1.54) is 39.7 Å². The summed E-state index contributed by atoms with van der Waals surface area (Å²) in [5.74, 6) is 2.09. The molecule has 5 nitrogen and oxygen atoms in total. The zero-order valence-corrected chi connectivity index (χ0v) is 24.2. The number of hydrogen-bond donors (Lipinski definition) is 1. The Morgan fingerprint density at radius 3 is 2.31 bits per heavy atom. The minimum absolute atomic E-state index is 0.0667. The van der Waals surface area contributed by atoms with Crippen LogP contribution in [0.2, 0.25) is 0 Å². The quantitative estimate of drug-likeness (QED) is 0.415. The molecule has 36 heavy (non-hydrogen) atoms.